The number of benzene rings is 6. The van der Waals surface area contributed by atoms with E-state index in [0.29, 0.717) is 6.42 Å². The molecule has 220 valence electrons. The van der Waals surface area contributed by atoms with Crippen LogP contribution in [0.25, 0.3) is 39.1 Å². The molecule has 0 radical (unpaired) electrons. The molecule has 2 aliphatic rings. The van der Waals surface area contributed by atoms with E-state index in [1.54, 1.807) is 0 Å². The van der Waals surface area contributed by atoms with E-state index in [1.165, 1.54) is 44.5 Å². The van der Waals surface area contributed by atoms with E-state index >= 15 is 0 Å². The van der Waals surface area contributed by atoms with Gasteiger partial charge in [0.2, 0.25) is 0 Å². The van der Waals surface area contributed by atoms with E-state index in [2.05, 4.69) is 172 Å². The molecule has 0 saturated carbocycles. The zero-order valence-electron chi connectivity index (χ0n) is 26.1. The molecule has 0 spiro atoms. The second-order valence-electron chi connectivity index (χ2n) is 12.6. The summed E-state index contributed by atoms with van der Waals surface area (Å²) in [5, 5.41) is 0. The molecule has 0 unspecified atom stereocenters. The second-order valence-corrected chi connectivity index (χ2v) is 12.6. The monoisotopic (exact) mass is 590 g/mol. The Balaban J connectivity index is 1.34. The van der Waals surface area contributed by atoms with Gasteiger partial charge in [-0.2, -0.15) is 0 Å². The molecule has 2 heteroatoms. The molecule has 1 aliphatic heterocycles. The first-order chi connectivity index (χ1) is 22.6. The Kier molecular flexibility index (Phi) is 6.92. The third-order valence-electron chi connectivity index (χ3n) is 9.33. The summed E-state index contributed by atoms with van der Waals surface area (Å²) in [7, 11) is 0. The summed E-state index contributed by atoms with van der Waals surface area (Å²) < 4.78 is 0. The smallest absolute Gasteiger partial charge is 0.160 e. The number of hydrogen-bond donors (Lipinski definition) is 0. The van der Waals surface area contributed by atoms with Crippen molar-refractivity contribution in [2.24, 2.45) is 9.98 Å². The minimum absolute atomic E-state index is 0.183. The third-order valence-corrected chi connectivity index (χ3v) is 9.33. The van der Waals surface area contributed by atoms with Crippen molar-refractivity contribution in [3.05, 3.63) is 186 Å². The van der Waals surface area contributed by atoms with E-state index < -0.39 is 0 Å². The van der Waals surface area contributed by atoms with Crippen molar-refractivity contribution >= 4 is 17.2 Å². The van der Waals surface area contributed by atoms with Crippen LogP contribution in [0.15, 0.2) is 168 Å². The summed E-state index contributed by atoms with van der Waals surface area (Å²) in [5.41, 5.74) is 14.9. The van der Waals surface area contributed by atoms with E-state index in [4.69, 9.17) is 9.98 Å². The molecule has 8 rings (SSSR count). The van der Waals surface area contributed by atoms with Crippen molar-refractivity contribution in [3.63, 3.8) is 0 Å². The largest absolute Gasteiger partial charge is 0.232 e. The Morgan fingerprint density at radius 3 is 1.63 bits per heavy atom. The SMILES string of the molecule is CC1(C)c2ccccc2-c2cccc(C3=NC(c4cc(-c5ccccc5)cc(-c5ccccc5)c4)=CCC(c4ccccc4)=N3)c21. The van der Waals surface area contributed by atoms with Crippen molar-refractivity contribution in [1.82, 2.24) is 0 Å². The van der Waals surface area contributed by atoms with Crippen LogP contribution in [0.1, 0.15) is 48.1 Å². The summed E-state index contributed by atoms with van der Waals surface area (Å²) in [4.78, 5) is 10.8. The second kappa shape index (κ2) is 11.4. The first-order valence-corrected chi connectivity index (χ1v) is 16.0. The summed E-state index contributed by atoms with van der Waals surface area (Å²) in [5.74, 6) is 0.756. The number of nitrogens with zero attached hydrogens (tertiary/aromatic N) is 2. The quantitative estimate of drug-likeness (QED) is 0.191. The third kappa shape index (κ3) is 4.93. The molecular weight excluding hydrogens is 556 g/mol. The van der Waals surface area contributed by atoms with Gasteiger partial charge >= 0.3 is 0 Å². The van der Waals surface area contributed by atoms with Gasteiger partial charge in [0.15, 0.2) is 5.84 Å². The highest BCUT2D eigenvalue weighted by Crippen LogP contribution is 2.50. The summed E-state index contributed by atoms with van der Waals surface area (Å²) >= 11 is 0. The van der Waals surface area contributed by atoms with Crippen LogP contribution >= 0.6 is 0 Å². The number of allylic oxidation sites excluding steroid dienone is 1. The average molecular weight is 591 g/mol. The molecule has 1 heterocycles. The van der Waals surface area contributed by atoms with Gasteiger partial charge in [0, 0.05) is 23.0 Å². The zero-order chi connectivity index (χ0) is 31.1. The Morgan fingerprint density at radius 1 is 0.457 bits per heavy atom. The number of rotatable bonds is 5. The number of amidine groups is 1. The maximum absolute atomic E-state index is 5.46. The maximum Gasteiger partial charge on any atom is 0.160 e. The molecule has 0 saturated heterocycles. The maximum atomic E-state index is 5.46. The lowest BCUT2D eigenvalue weighted by Crippen LogP contribution is -2.19. The Labute approximate surface area is 271 Å². The molecular formula is C44H34N2. The van der Waals surface area contributed by atoms with Crippen molar-refractivity contribution < 1.29 is 0 Å². The number of aliphatic imine (C=N–C) groups is 2. The number of hydrogen-bond acceptors (Lipinski definition) is 2. The number of fused-ring (bicyclic) bond motifs is 3. The Hall–Kier alpha value is -5.60. The van der Waals surface area contributed by atoms with Crippen molar-refractivity contribution in [2.75, 3.05) is 0 Å². The molecule has 0 fully saturated rings. The van der Waals surface area contributed by atoms with E-state index in [9.17, 15) is 0 Å². The van der Waals surface area contributed by atoms with Gasteiger partial charge in [0.25, 0.3) is 0 Å². The van der Waals surface area contributed by atoms with Gasteiger partial charge in [-0.3, -0.25) is 0 Å². The van der Waals surface area contributed by atoms with Crippen LogP contribution in [0.4, 0.5) is 0 Å². The van der Waals surface area contributed by atoms with Crippen LogP contribution in [0.2, 0.25) is 0 Å². The van der Waals surface area contributed by atoms with Crippen molar-refractivity contribution in [2.45, 2.75) is 25.7 Å². The van der Waals surface area contributed by atoms with Gasteiger partial charge < -0.3 is 0 Å². The molecule has 2 nitrogen and oxygen atoms in total. The van der Waals surface area contributed by atoms with Gasteiger partial charge in [0.1, 0.15) is 0 Å². The first kappa shape index (κ1) is 27.9. The molecule has 0 amide bonds. The van der Waals surface area contributed by atoms with Crippen molar-refractivity contribution in [3.8, 4) is 33.4 Å². The van der Waals surface area contributed by atoms with Gasteiger partial charge in [0.05, 0.1) is 11.4 Å². The van der Waals surface area contributed by atoms with Gasteiger partial charge in [-0.15, -0.1) is 0 Å². The highest BCUT2D eigenvalue weighted by Gasteiger charge is 2.38. The fourth-order valence-corrected chi connectivity index (χ4v) is 7.07. The average Bonchev–Trinajstić information content (AvgIpc) is 3.23. The normalized spacial score (nSPS) is 14.8. The lowest BCUT2D eigenvalue weighted by molar-refractivity contribution is 0.659. The standard InChI is InChI=1S/C44H34N2/c1-44(2)39-24-13-12-21-36(39)37-22-14-23-38(42(37)44)43-45-40(32-19-10-5-11-20-32)25-26-41(46-43)35-28-33(30-15-6-3-7-16-30)27-34(29-35)31-17-8-4-9-18-31/h3-24,26-29H,25H2,1-2H3. The molecule has 0 aromatic heterocycles. The molecule has 0 atom stereocenters. The Morgan fingerprint density at radius 2 is 0.978 bits per heavy atom. The van der Waals surface area contributed by atoms with Gasteiger partial charge in [-0.1, -0.05) is 153 Å². The molecule has 46 heavy (non-hydrogen) atoms. The van der Waals surface area contributed by atoms with E-state index in [-0.39, 0.29) is 5.41 Å². The lowest BCUT2D eigenvalue weighted by atomic mass is 9.80. The lowest BCUT2D eigenvalue weighted by Gasteiger charge is -2.24. The van der Waals surface area contributed by atoms with Crippen LogP contribution in [-0.4, -0.2) is 11.5 Å². The minimum atomic E-state index is -0.183. The van der Waals surface area contributed by atoms with Gasteiger partial charge in [-0.05, 0) is 68.3 Å². The van der Waals surface area contributed by atoms with Gasteiger partial charge in [-0.25, -0.2) is 9.98 Å². The molecule has 6 aromatic rings. The van der Waals surface area contributed by atoms with E-state index in [0.717, 1.165) is 33.9 Å². The summed E-state index contributed by atoms with van der Waals surface area (Å²) in [6.45, 7) is 4.65. The first-order valence-electron chi connectivity index (χ1n) is 16.0. The molecule has 6 aromatic carbocycles. The minimum Gasteiger partial charge on any atom is -0.232 e. The summed E-state index contributed by atoms with van der Waals surface area (Å²) in [6.07, 6.45) is 2.93. The van der Waals surface area contributed by atoms with E-state index in [1.807, 2.05) is 0 Å². The highest BCUT2D eigenvalue weighted by atomic mass is 14.9. The topological polar surface area (TPSA) is 24.7 Å². The fraction of sp³-hybridized carbons (Fsp3) is 0.0909. The van der Waals surface area contributed by atoms with Crippen LogP contribution < -0.4 is 0 Å². The fourth-order valence-electron chi connectivity index (χ4n) is 7.07. The van der Waals surface area contributed by atoms with Crippen LogP contribution in [0, 0.1) is 0 Å². The predicted octanol–water partition coefficient (Wildman–Crippen LogP) is 11.0. The zero-order valence-corrected chi connectivity index (χ0v) is 26.1. The van der Waals surface area contributed by atoms with Crippen molar-refractivity contribution in [1.29, 1.82) is 0 Å². The van der Waals surface area contributed by atoms with Crippen LogP contribution in [0.3, 0.4) is 0 Å². The molecule has 0 bridgehead atoms. The summed E-state index contributed by atoms with van der Waals surface area (Å²) in [6, 6.07) is 54.0. The molecule has 0 N–H and O–H groups in total. The predicted molar refractivity (Wildman–Crippen MR) is 193 cm³/mol. The molecule has 1 aliphatic carbocycles. The Bertz CT molecular complexity index is 2110. The van der Waals surface area contributed by atoms with Crippen LogP contribution in [0.5, 0.6) is 0 Å². The van der Waals surface area contributed by atoms with Crippen LogP contribution in [-0.2, 0) is 5.41 Å². The highest BCUT2D eigenvalue weighted by molar-refractivity contribution is 6.16.